The Hall–Kier alpha value is -0.940. The van der Waals surface area contributed by atoms with E-state index in [0.717, 1.165) is 25.5 Å². The molecule has 12 heavy (non-hydrogen) atoms. The zero-order chi connectivity index (χ0) is 8.23. The van der Waals surface area contributed by atoms with Gasteiger partial charge in [-0.1, -0.05) is 0 Å². The topological polar surface area (TPSA) is 65.6 Å². The number of rotatable bonds is 3. The minimum absolute atomic E-state index is 0.593. The third kappa shape index (κ3) is 1.80. The van der Waals surface area contributed by atoms with Crippen molar-refractivity contribution in [2.45, 2.75) is 19.0 Å². The van der Waals surface area contributed by atoms with Crippen molar-refractivity contribution in [1.29, 1.82) is 0 Å². The molecular weight excluding hydrogens is 154 g/mol. The van der Waals surface area contributed by atoms with E-state index >= 15 is 0 Å². The molecule has 2 heterocycles. The van der Waals surface area contributed by atoms with Crippen molar-refractivity contribution in [1.82, 2.24) is 25.8 Å². The fourth-order valence-corrected chi connectivity index (χ4v) is 1.39. The Kier molecular flexibility index (Phi) is 2.33. The molecule has 5 nitrogen and oxygen atoms in total. The first-order valence-electron chi connectivity index (χ1n) is 4.23. The predicted molar refractivity (Wildman–Crippen MR) is 44.5 cm³/mol. The summed E-state index contributed by atoms with van der Waals surface area (Å²) in [6, 6.07) is 0.593. The minimum Gasteiger partial charge on any atom is -0.315 e. The van der Waals surface area contributed by atoms with Gasteiger partial charge in [0, 0.05) is 12.6 Å². The third-order valence-corrected chi connectivity index (χ3v) is 2.08. The lowest BCUT2D eigenvalue weighted by Gasteiger charge is -2.08. The summed E-state index contributed by atoms with van der Waals surface area (Å²) in [7, 11) is 0. The van der Waals surface area contributed by atoms with Crippen molar-refractivity contribution in [2.75, 3.05) is 13.1 Å². The summed E-state index contributed by atoms with van der Waals surface area (Å²) in [6.07, 6.45) is 2.73. The van der Waals surface area contributed by atoms with Gasteiger partial charge in [-0.05, 0) is 13.0 Å². The first-order chi connectivity index (χ1) is 5.95. The first-order valence-corrected chi connectivity index (χ1v) is 4.23. The largest absolute Gasteiger partial charge is 0.315 e. The monoisotopic (exact) mass is 167 g/mol. The van der Waals surface area contributed by atoms with E-state index in [9.17, 15) is 0 Å². The summed E-state index contributed by atoms with van der Waals surface area (Å²) < 4.78 is 0. The molecule has 0 amide bonds. The van der Waals surface area contributed by atoms with Crippen molar-refractivity contribution in [3.8, 4) is 0 Å². The number of aromatic nitrogens is 3. The lowest BCUT2D eigenvalue weighted by molar-refractivity contribution is 0.536. The van der Waals surface area contributed by atoms with Crippen LogP contribution in [0.25, 0.3) is 0 Å². The maximum atomic E-state index is 4.03. The van der Waals surface area contributed by atoms with Crippen molar-refractivity contribution in [2.24, 2.45) is 0 Å². The van der Waals surface area contributed by atoms with Crippen LogP contribution in [0.2, 0.25) is 0 Å². The molecule has 66 valence electrons. The Bertz CT molecular complexity index is 214. The van der Waals surface area contributed by atoms with Crippen LogP contribution in [0.4, 0.5) is 0 Å². The van der Waals surface area contributed by atoms with Crippen LogP contribution in [-0.2, 0) is 6.54 Å². The Balaban J connectivity index is 1.74. The fourth-order valence-electron chi connectivity index (χ4n) is 1.39. The highest BCUT2D eigenvalue weighted by Gasteiger charge is 2.13. The summed E-state index contributed by atoms with van der Waals surface area (Å²) in [5.41, 5.74) is 0. The average molecular weight is 167 g/mol. The average Bonchev–Trinajstić information content (AvgIpc) is 2.74. The molecule has 0 aromatic carbocycles. The molecule has 5 heteroatoms. The molecule has 0 aliphatic carbocycles. The van der Waals surface area contributed by atoms with Crippen LogP contribution in [0, 0.1) is 0 Å². The van der Waals surface area contributed by atoms with Crippen LogP contribution in [0.3, 0.4) is 0 Å². The predicted octanol–water partition coefficient (Wildman–Crippen LogP) is -0.744. The summed E-state index contributed by atoms with van der Waals surface area (Å²) in [5, 5.41) is 13.3. The van der Waals surface area contributed by atoms with Crippen molar-refractivity contribution >= 4 is 0 Å². The standard InChI is InChI=1S/C7H13N5/c1-2-8-3-6(1)9-4-7-10-5-11-12-7/h5-6,8-9H,1-4H2,(H,10,11,12). The molecule has 0 saturated carbocycles. The van der Waals surface area contributed by atoms with E-state index in [1.54, 1.807) is 0 Å². The molecule has 1 unspecified atom stereocenters. The molecule has 3 N–H and O–H groups in total. The Morgan fingerprint density at radius 1 is 1.67 bits per heavy atom. The second-order valence-corrected chi connectivity index (χ2v) is 3.00. The number of hydrogen-bond donors (Lipinski definition) is 3. The number of aromatic amines is 1. The Labute approximate surface area is 71.0 Å². The fraction of sp³-hybridized carbons (Fsp3) is 0.714. The minimum atomic E-state index is 0.593. The van der Waals surface area contributed by atoms with Crippen LogP contribution in [0.1, 0.15) is 12.2 Å². The van der Waals surface area contributed by atoms with Gasteiger partial charge < -0.3 is 10.6 Å². The van der Waals surface area contributed by atoms with Crippen LogP contribution < -0.4 is 10.6 Å². The lowest BCUT2D eigenvalue weighted by atomic mass is 10.2. The highest BCUT2D eigenvalue weighted by molar-refractivity contribution is 4.83. The van der Waals surface area contributed by atoms with E-state index in [1.165, 1.54) is 12.7 Å². The van der Waals surface area contributed by atoms with Crippen molar-refractivity contribution in [3.63, 3.8) is 0 Å². The lowest BCUT2D eigenvalue weighted by Crippen LogP contribution is -2.30. The Morgan fingerprint density at radius 2 is 2.67 bits per heavy atom. The van der Waals surface area contributed by atoms with Gasteiger partial charge in [0.15, 0.2) is 0 Å². The van der Waals surface area contributed by atoms with Gasteiger partial charge in [0.05, 0.1) is 6.54 Å². The first kappa shape index (κ1) is 7.70. The van der Waals surface area contributed by atoms with Gasteiger partial charge in [-0.15, -0.1) is 0 Å². The zero-order valence-electron chi connectivity index (χ0n) is 6.88. The molecule has 1 fully saturated rings. The molecule has 1 saturated heterocycles. The molecule has 1 aromatic heterocycles. The molecule has 0 bridgehead atoms. The molecule has 1 aliphatic rings. The maximum Gasteiger partial charge on any atom is 0.138 e. The maximum absolute atomic E-state index is 4.03. The van der Waals surface area contributed by atoms with E-state index in [2.05, 4.69) is 25.8 Å². The van der Waals surface area contributed by atoms with Gasteiger partial charge >= 0.3 is 0 Å². The number of nitrogens with zero attached hydrogens (tertiary/aromatic N) is 2. The molecular formula is C7H13N5. The van der Waals surface area contributed by atoms with E-state index < -0.39 is 0 Å². The molecule has 1 aromatic rings. The van der Waals surface area contributed by atoms with E-state index in [4.69, 9.17) is 0 Å². The van der Waals surface area contributed by atoms with Gasteiger partial charge in [-0.2, -0.15) is 5.10 Å². The van der Waals surface area contributed by atoms with Crippen molar-refractivity contribution < 1.29 is 0 Å². The summed E-state index contributed by atoms with van der Waals surface area (Å²) in [6.45, 7) is 2.97. The zero-order valence-corrected chi connectivity index (χ0v) is 6.88. The highest BCUT2D eigenvalue weighted by atomic mass is 15.2. The number of H-pyrrole nitrogens is 1. The quantitative estimate of drug-likeness (QED) is 0.554. The smallest absolute Gasteiger partial charge is 0.138 e. The van der Waals surface area contributed by atoms with Gasteiger partial charge in [-0.3, -0.25) is 5.10 Å². The van der Waals surface area contributed by atoms with E-state index in [1.807, 2.05) is 0 Å². The second-order valence-electron chi connectivity index (χ2n) is 3.00. The van der Waals surface area contributed by atoms with Crippen LogP contribution in [0.5, 0.6) is 0 Å². The molecule has 0 spiro atoms. The van der Waals surface area contributed by atoms with Crippen molar-refractivity contribution in [3.05, 3.63) is 12.2 Å². The molecule has 1 aliphatic heterocycles. The van der Waals surface area contributed by atoms with Crippen LogP contribution >= 0.6 is 0 Å². The van der Waals surface area contributed by atoms with Gasteiger partial charge in [0.2, 0.25) is 0 Å². The third-order valence-electron chi connectivity index (χ3n) is 2.08. The summed E-state index contributed by atoms with van der Waals surface area (Å²) >= 11 is 0. The summed E-state index contributed by atoms with van der Waals surface area (Å²) in [4.78, 5) is 4.03. The van der Waals surface area contributed by atoms with Gasteiger partial charge in [0.1, 0.15) is 12.2 Å². The van der Waals surface area contributed by atoms with E-state index in [-0.39, 0.29) is 0 Å². The van der Waals surface area contributed by atoms with Crippen LogP contribution in [0.15, 0.2) is 6.33 Å². The highest BCUT2D eigenvalue weighted by Crippen LogP contribution is 1.97. The number of nitrogens with one attached hydrogen (secondary N) is 3. The Morgan fingerprint density at radius 3 is 3.33 bits per heavy atom. The van der Waals surface area contributed by atoms with E-state index in [0.29, 0.717) is 6.04 Å². The molecule has 1 atom stereocenters. The normalized spacial score (nSPS) is 23.2. The van der Waals surface area contributed by atoms with Gasteiger partial charge in [-0.25, -0.2) is 4.98 Å². The van der Waals surface area contributed by atoms with Gasteiger partial charge in [0.25, 0.3) is 0 Å². The summed E-state index contributed by atoms with van der Waals surface area (Å²) in [5.74, 6) is 0.905. The SMILES string of the molecule is c1n[nH]c(CNC2CCNC2)n1. The second kappa shape index (κ2) is 3.64. The van der Waals surface area contributed by atoms with Crippen LogP contribution in [-0.4, -0.2) is 34.3 Å². The molecule has 0 radical (unpaired) electrons. The number of hydrogen-bond acceptors (Lipinski definition) is 4. The molecule has 2 rings (SSSR count).